The molecule has 2 aromatic rings. The summed E-state index contributed by atoms with van der Waals surface area (Å²) >= 11 is 8.72. The molecule has 1 aromatic carbocycles. The maximum Gasteiger partial charge on any atom is 0.148 e. The molecule has 1 aromatic heterocycles. The Kier molecular flexibility index (Phi) is 5.60. The third-order valence-electron chi connectivity index (χ3n) is 2.62. The molecule has 0 aliphatic rings. The summed E-state index contributed by atoms with van der Waals surface area (Å²) in [4.78, 5) is 4.39. The summed E-state index contributed by atoms with van der Waals surface area (Å²) in [7, 11) is 0. The van der Waals surface area contributed by atoms with Crippen molar-refractivity contribution in [2.75, 3.05) is 0 Å². The van der Waals surface area contributed by atoms with Crippen LogP contribution >= 0.6 is 43.2 Å². The van der Waals surface area contributed by atoms with Crippen LogP contribution in [0.15, 0.2) is 26.5 Å². The monoisotopic (exact) mass is 418 g/mol. The number of hydrogen-bond acceptors (Lipinski definition) is 4. The lowest BCUT2D eigenvalue weighted by atomic mass is 10.1. The van der Waals surface area contributed by atoms with Crippen LogP contribution in [0.2, 0.25) is 0 Å². The summed E-state index contributed by atoms with van der Waals surface area (Å²) < 4.78 is 7.70. The summed E-state index contributed by atoms with van der Waals surface area (Å²) in [5.41, 5.74) is 8.03. The van der Waals surface area contributed by atoms with Crippen molar-refractivity contribution in [1.82, 2.24) is 4.98 Å². The van der Waals surface area contributed by atoms with Gasteiger partial charge >= 0.3 is 0 Å². The lowest BCUT2D eigenvalue weighted by Crippen LogP contribution is -2.17. The quantitative estimate of drug-likeness (QED) is 0.778. The molecule has 1 unspecified atom stereocenters. The second-order valence-corrected chi connectivity index (χ2v) is 7.39. The largest absolute Gasteiger partial charge is 0.484 e. The van der Waals surface area contributed by atoms with Gasteiger partial charge in [-0.3, -0.25) is 0 Å². The van der Waals surface area contributed by atoms with E-state index >= 15 is 0 Å². The lowest BCUT2D eigenvalue weighted by Gasteiger charge is -2.12. The first-order chi connectivity index (χ1) is 9.45. The van der Waals surface area contributed by atoms with E-state index in [2.05, 4.69) is 49.0 Å². The van der Waals surface area contributed by atoms with E-state index in [1.54, 1.807) is 11.3 Å². The fourth-order valence-electron chi connectivity index (χ4n) is 1.84. The van der Waals surface area contributed by atoms with Gasteiger partial charge in [0.1, 0.15) is 17.4 Å². The van der Waals surface area contributed by atoms with Crippen LogP contribution in [0, 0.1) is 6.92 Å². The third kappa shape index (κ3) is 4.28. The first-order valence-corrected chi connectivity index (χ1v) is 8.69. The molecular formula is C14H16Br2N2OS. The van der Waals surface area contributed by atoms with Crippen LogP contribution in [0.3, 0.4) is 0 Å². The molecule has 0 bridgehead atoms. The number of aromatic nitrogens is 1. The van der Waals surface area contributed by atoms with Crippen LogP contribution in [0.25, 0.3) is 0 Å². The molecule has 0 saturated carbocycles. The number of hydrogen-bond donors (Lipinski definition) is 1. The smallest absolute Gasteiger partial charge is 0.148 e. The van der Waals surface area contributed by atoms with Crippen molar-refractivity contribution in [3.05, 3.63) is 42.7 Å². The van der Waals surface area contributed by atoms with Crippen molar-refractivity contribution in [2.24, 2.45) is 5.73 Å². The highest BCUT2D eigenvalue weighted by Gasteiger charge is 2.11. The third-order valence-corrected chi connectivity index (χ3v) is 4.74. The van der Waals surface area contributed by atoms with Crippen LogP contribution in [0.5, 0.6) is 5.75 Å². The van der Waals surface area contributed by atoms with E-state index in [1.807, 2.05) is 19.2 Å². The minimum absolute atomic E-state index is 0.138. The number of rotatable bonds is 5. The highest BCUT2D eigenvalue weighted by Crippen LogP contribution is 2.35. The Labute approximate surface area is 139 Å². The highest BCUT2D eigenvalue weighted by molar-refractivity contribution is 9.11. The van der Waals surface area contributed by atoms with Crippen LogP contribution in [0.4, 0.5) is 0 Å². The maximum atomic E-state index is 5.85. The average molecular weight is 420 g/mol. The predicted molar refractivity (Wildman–Crippen MR) is 90.4 cm³/mol. The van der Waals surface area contributed by atoms with Gasteiger partial charge in [0, 0.05) is 17.1 Å². The molecule has 0 aliphatic carbocycles. The maximum absolute atomic E-state index is 5.85. The number of ether oxygens (including phenoxy) is 1. The van der Waals surface area contributed by atoms with Gasteiger partial charge in [-0.15, -0.1) is 11.3 Å². The van der Waals surface area contributed by atoms with Gasteiger partial charge < -0.3 is 10.5 Å². The molecule has 20 heavy (non-hydrogen) atoms. The van der Waals surface area contributed by atoms with Gasteiger partial charge in [0.15, 0.2) is 0 Å². The van der Waals surface area contributed by atoms with E-state index < -0.39 is 0 Å². The summed E-state index contributed by atoms with van der Waals surface area (Å²) in [6.07, 6.45) is 0.836. The zero-order valence-corrected chi connectivity index (χ0v) is 15.3. The standard InChI is InChI=1S/C14H16Br2N2OS/c1-8(17)3-10-4-11(15)14(12(16)5-10)19-6-13-18-9(2)7-20-13/h4-5,7-8H,3,6,17H2,1-2H3. The zero-order chi connectivity index (χ0) is 14.7. The number of benzene rings is 1. The topological polar surface area (TPSA) is 48.1 Å². The second kappa shape index (κ2) is 7.02. The Hall–Kier alpha value is -0.430. The Morgan fingerprint density at radius 2 is 2.00 bits per heavy atom. The van der Waals surface area contributed by atoms with Gasteiger partial charge in [-0.25, -0.2) is 4.98 Å². The van der Waals surface area contributed by atoms with Crippen molar-refractivity contribution >= 4 is 43.2 Å². The Morgan fingerprint density at radius 1 is 1.35 bits per heavy atom. The second-order valence-electron chi connectivity index (χ2n) is 4.74. The molecule has 0 spiro atoms. The summed E-state index contributed by atoms with van der Waals surface area (Å²) in [5, 5.41) is 3.00. The molecular weight excluding hydrogens is 404 g/mol. The minimum Gasteiger partial charge on any atom is -0.484 e. The van der Waals surface area contributed by atoms with Crippen LogP contribution in [-0.4, -0.2) is 11.0 Å². The molecule has 0 saturated heterocycles. The predicted octanol–water partition coefficient (Wildman–Crippen LogP) is 4.45. The molecule has 1 atom stereocenters. The lowest BCUT2D eigenvalue weighted by molar-refractivity contribution is 0.301. The van der Waals surface area contributed by atoms with Gasteiger partial charge in [-0.1, -0.05) is 0 Å². The molecule has 2 rings (SSSR count). The molecule has 6 heteroatoms. The Balaban J connectivity index is 2.11. The van der Waals surface area contributed by atoms with E-state index in [0.717, 1.165) is 31.8 Å². The molecule has 2 N–H and O–H groups in total. The van der Waals surface area contributed by atoms with Crippen LogP contribution < -0.4 is 10.5 Å². The number of aryl methyl sites for hydroxylation is 1. The van der Waals surface area contributed by atoms with Crippen LogP contribution in [0.1, 0.15) is 23.2 Å². The Bertz CT molecular complexity index is 576. The fourth-order valence-corrected chi connectivity index (χ4v) is 4.04. The molecule has 1 heterocycles. The molecule has 3 nitrogen and oxygen atoms in total. The van der Waals surface area contributed by atoms with Crippen molar-refractivity contribution in [1.29, 1.82) is 0 Å². The van der Waals surface area contributed by atoms with Gasteiger partial charge in [-0.05, 0) is 69.8 Å². The number of nitrogens with zero attached hydrogens (tertiary/aromatic N) is 1. The zero-order valence-electron chi connectivity index (χ0n) is 11.3. The van der Waals surface area contributed by atoms with Crippen LogP contribution in [-0.2, 0) is 13.0 Å². The van der Waals surface area contributed by atoms with Crippen molar-refractivity contribution in [3.8, 4) is 5.75 Å². The average Bonchev–Trinajstić information content (AvgIpc) is 2.73. The SMILES string of the molecule is Cc1csc(COc2c(Br)cc(CC(C)N)cc2Br)n1. The first-order valence-electron chi connectivity index (χ1n) is 6.23. The highest BCUT2D eigenvalue weighted by atomic mass is 79.9. The van der Waals surface area contributed by atoms with E-state index in [0.29, 0.717) is 6.61 Å². The minimum atomic E-state index is 0.138. The van der Waals surface area contributed by atoms with E-state index in [1.165, 1.54) is 5.56 Å². The molecule has 108 valence electrons. The normalized spacial score (nSPS) is 12.4. The first kappa shape index (κ1) is 15.9. The fraction of sp³-hybridized carbons (Fsp3) is 0.357. The Morgan fingerprint density at radius 3 is 2.50 bits per heavy atom. The van der Waals surface area contributed by atoms with E-state index in [4.69, 9.17) is 10.5 Å². The number of thiazole rings is 1. The van der Waals surface area contributed by atoms with Gasteiger partial charge in [0.2, 0.25) is 0 Å². The summed E-state index contributed by atoms with van der Waals surface area (Å²) in [6.45, 7) is 4.45. The van der Waals surface area contributed by atoms with E-state index in [-0.39, 0.29) is 6.04 Å². The molecule has 0 aliphatic heterocycles. The number of nitrogens with two attached hydrogens (primary N) is 1. The van der Waals surface area contributed by atoms with Crippen molar-refractivity contribution < 1.29 is 4.74 Å². The van der Waals surface area contributed by atoms with Gasteiger partial charge in [0.25, 0.3) is 0 Å². The molecule has 0 fully saturated rings. The van der Waals surface area contributed by atoms with Crippen molar-refractivity contribution in [3.63, 3.8) is 0 Å². The summed E-state index contributed by atoms with van der Waals surface area (Å²) in [6, 6.07) is 4.24. The molecule has 0 amide bonds. The number of halogens is 2. The van der Waals surface area contributed by atoms with E-state index in [9.17, 15) is 0 Å². The summed E-state index contributed by atoms with van der Waals surface area (Å²) in [5.74, 6) is 0.797. The van der Waals surface area contributed by atoms with Gasteiger partial charge in [-0.2, -0.15) is 0 Å². The van der Waals surface area contributed by atoms with Gasteiger partial charge in [0.05, 0.1) is 8.95 Å². The van der Waals surface area contributed by atoms with Crippen molar-refractivity contribution in [2.45, 2.75) is 32.9 Å². The molecule has 0 radical (unpaired) electrons.